The molecule has 0 unspecified atom stereocenters. The van der Waals surface area contributed by atoms with E-state index in [4.69, 9.17) is 16.3 Å². The number of fused-ring (bicyclic) bond motifs is 3. The van der Waals surface area contributed by atoms with Gasteiger partial charge in [0.25, 0.3) is 0 Å². The van der Waals surface area contributed by atoms with Gasteiger partial charge in [0.2, 0.25) is 0 Å². The van der Waals surface area contributed by atoms with Gasteiger partial charge in [-0.05, 0) is 47.7 Å². The van der Waals surface area contributed by atoms with E-state index in [1.54, 1.807) is 24.3 Å². The molecule has 2 aromatic rings. The lowest BCUT2D eigenvalue weighted by Crippen LogP contribution is -2.30. The normalized spacial score (nSPS) is 22.5. The quantitative estimate of drug-likeness (QED) is 0.596. The Morgan fingerprint density at radius 3 is 2.59 bits per heavy atom. The lowest BCUT2D eigenvalue weighted by atomic mass is 9.75. The summed E-state index contributed by atoms with van der Waals surface area (Å²) >= 11 is 6.41. The van der Waals surface area contributed by atoms with Gasteiger partial charge in [0, 0.05) is 5.92 Å². The maximum absolute atomic E-state index is 11.7. The number of allylic oxidation sites excluding steroid dienone is 2. The minimum Gasteiger partial charge on any atom is -0.478 e. The zero-order valence-electron chi connectivity index (χ0n) is 14.6. The molecule has 0 amide bonds. The number of carboxylic acid groups (broad SMARTS) is 1. The number of ether oxygens (including phenoxy) is 1. The first-order valence-corrected chi connectivity index (χ1v) is 9.06. The molecular formula is C21H18ClNO4. The molecule has 27 heavy (non-hydrogen) atoms. The molecule has 0 spiro atoms. The number of carbonyl (C=O) groups excluding carboxylic acids is 1. The second-order valence-electron chi connectivity index (χ2n) is 6.78. The van der Waals surface area contributed by atoms with Crippen LogP contribution < -0.4 is 5.32 Å². The van der Waals surface area contributed by atoms with Crippen molar-refractivity contribution in [2.24, 2.45) is 5.92 Å². The zero-order chi connectivity index (χ0) is 19.1. The number of rotatable bonds is 3. The number of anilines is 1. The SMILES string of the molecule is COC(=O)c1ccc([C@@H]2Nc3c(Cl)ccc(C(=O)O)c3[C@@H]3C=CC[C@@H]32)cc1. The molecule has 2 N–H and O–H groups in total. The van der Waals surface area contributed by atoms with Gasteiger partial charge in [0.05, 0.1) is 35.0 Å². The van der Waals surface area contributed by atoms with Crippen LogP contribution >= 0.6 is 11.6 Å². The van der Waals surface area contributed by atoms with Crippen molar-refractivity contribution in [2.75, 3.05) is 12.4 Å². The van der Waals surface area contributed by atoms with Crippen LogP contribution in [0, 0.1) is 5.92 Å². The second-order valence-corrected chi connectivity index (χ2v) is 7.19. The summed E-state index contributed by atoms with van der Waals surface area (Å²) in [7, 11) is 1.35. The number of esters is 1. The Kier molecular flexibility index (Phi) is 4.40. The Bertz CT molecular complexity index is 951. The molecule has 0 fully saturated rings. The van der Waals surface area contributed by atoms with Crippen molar-refractivity contribution in [1.82, 2.24) is 0 Å². The van der Waals surface area contributed by atoms with Gasteiger partial charge >= 0.3 is 11.9 Å². The first kappa shape index (κ1) is 17.6. The number of nitrogens with one attached hydrogen (secondary N) is 1. The van der Waals surface area contributed by atoms with Gasteiger partial charge in [-0.1, -0.05) is 35.9 Å². The Labute approximate surface area is 161 Å². The third-order valence-corrected chi connectivity index (χ3v) is 5.71. The first-order chi connectivity index (χ1) is 13.0. The Morgan fingerprint density at radius 1 is 1.19 bits per heavy atom. The minimum atomic E-state index is -0.954. The number of hydrogen-bond acceptors (Lipinski definition) is 4. The molecule has 4 rings (SSSR count). The highest BCUT2D eigenvalue weighted by atomic mass is 35.5. The first-order valence-electron chi connectivity index (χ1n) is 8.68. The fourth-order valence-electron chi connectivity index (χ4n) is 4.14. The molecule has 0 saturated carbocycles. The van der Waals surface area contributed by atoms with Gasteiger partial charge in [0.1, 0.15) is 0 Å². The highest BCUT2D eigenvalue weighted by molar-refractivity contribution is 6.33. The largest absolute Gasteiger partial charge is 0.478 e. The summed E-state index contributed by atoms with van der Waals surface area (Å²) in [6, 6.07) is 10.4. The van der Waals surface area contributed by atoms with E-state index in [0.29, 0.717) is 16.3 Å². The number of benzene rings is 2. The van der Waals surface area contributed by atoms with E-state index < -0.39 is 5.97 Å². The van der Waals surface area contributed by atoms with Crippen molar-refractivity contribution in [1.29, 1.82) is 0 Å². The highest BCUT2D eigenvalue weighted by Gasteiger charge is 2.40. The van der Waals surface area contributed by atoms with E-state index >= 15 is 0 Å². The summed E-state index contributed by atoms with van der Waals surface area (Å²) in [6.45, 7) is 0. The third-order valence-electron chi connectivity index (χ3n) is 5.39. The average molecular weight is 384 g/mol. The monoisotopic (exact) mass is 383 g/mol. The minimum absolute atomic E-state index is 0.0173. The molecule has 2 aliphatic rings. The predicted octanol–water partition coefficient (Wildman–Crippen LogP) is 4.65. The standard InChI is InChI=1S/C21H18ClNO4/c1-27-21(26)12-7-5-11(6-8-12)18-14-4-2-3-13(14)17-15(20(24)25)9-10-16(22)19(17)23-18/h2-3,5-10,13-14,18,23H,4H2,1H3,(H,24,25)/t13-,14+,18+/m1/s1. The molecule has 1 heterocycles. The molecule has 0 radical (unpaired) electrons. The summed E-state index contributed by atoms with van der Waals surface area (Å²) in [6.07, 6.45) is 5.00. The Morgan fingerprint density at radius 2 is 1.93 bits per heavy atom. The summed E-state index contributed by atoms with van der Waals surface area (Å²) < 4.78 is 4.75. The van der Waals surface area contributed by atoms with Crippen LogP contribution in [0.2, 0.25) is 5.02 Å². The molecule has 5 nitrogen and oxygen atoms in total. The smallest absolute Gasteiger partial charge is 0.337 e. The van der Waals surface area contributed by atoms with E-state index in [1.165, 1.54) is 7.11 Å². The lowest BCUT2D eigenvalue weighted by molar-refractivity contribution is 0.0599. The van der Waals surface area contributed by atoms with Crippen LogP contribution in [0.4, 0.5) is 5.69 Å². The molecule has 6 heteroatoms. The van der Waals surface area contributed by atoms with Crippen molar-refractivity contribution in [2.45, 2.75) is 18.4 Å². The topological polar surface area (TPSA) is 75.6 Å². The van der Waals surface area contributed by atoms with E-state index in [-0.39, 0.29) is 29.4 Å². The summed E-state index contributed by atoms with van der Waals surface area (Å²) in [5, 5.41) is 13.6. The van der Waals surface area contributed by atoms with E-state index in [1.807, 2.05) is 12.1 Å². The van der Waals surface area contributed by atoms with Crippen molar-refractivity contribution in [3.05, 3.63) is 75.8 Å². The van der Waals surface area contributed by atoms with Crippen molar-refractivity contribution < 1.29 is 19.4 Å². The molecule has 2 aromatic carbocycles. The molecule has 1 aliphatic carbocycles. The second kappa shape index (κ2) is 6.74. The van der Waals surface area contributed by atoms with Crippen LogP contribution in [0.1, 0.15) is 50.2 Å². The highest BCUT2D eigenvalue weighted by Crippen LogP contribution is 2.52. The van der Waals surface area contributed by atoms with Crippen LogP contribution in [0.5, 0.6) is 0 Å². The number of hydrogen-bond donors (Lipinski definition) is 2. The molecule has 0 aromatic heterocycles. The van der Waals surface area contributed by atoms with Gasteiger partial charge in [-0.2, -0.15) is 0 Å². The van der Waals surface area contributed by atoms with Crippen LogP contribution in [-0.2, 0) is 4.74 Å². The number of halogens is 1. The van der Waals surface area contributed by atoms with Gasteiger partial charge in [-0.25, -0.2) is 9.59 Å². The van der Waals surface area contributed by atoms with Crippen LogP contribution in [0.3, 0.4) is 0 Å². The third kappa shape index (κ3) is 2.88. The van der Waals surface area contributed by atoms with Gasteiger partial charge < -0.3 is 15.2 Å². The lowest BCUT2D eigenvalue weighted by Gasteiger charge is -2.38. The number of aromatic carboxylic acids is 1. The van der Waals surface area contributed by atoms with Crippen LogP contribution in [0.25, 0.3) is 0 Å². The van der Waals surface area contributed by atoms with Gasteiger partial charge in [-0.3, -0.25) is 0 Å². The molecule has 1 aliphatic heterocycles. The molecule has 0 saturated heterocycles. The number of methoxy groups -OCH3 is 1. The maximum atomic E-state index is 11.7. The summed E-state index contributed by atoms with van der Waals surface area (Å²) in [4.78, 5) is 23.4. The van der Waals surface area contributed by atoms with Crippen LogP contribution in [0.15, 0.2) is 48.6 Å². The number of carbonyl (C=O) groups is 2. The van der Waals surface area contributed by atoms with Crippen molar-refractivity contribution in [3.8, 4) is 0 Å². The number of carboxylic acids is 1. The van der Waals surface area contributed by atoms with Crippen molar-refractivity contribution >= 4 is 29.2 Å². The Hall–Kier alpha value is -2.79. The van der Waals surface area contributed by atoms with E-state index in [0.717, 1.165) is 17.5 Å². The van der Waals surface area contributed by atoms with E-state index in [2.05, 4.69) is 17.5 Å². The van der Waals surface area contributed by atoms with E-state index in [9.17, 15) is 14.7 Å². The summed E-state index contributed by atoms with van der Waals surface area (Å²) in [5.74, 6) is -1.17. The molecular weight excluding hydrogens is 366 g/mol. The van der Waals surface area contributed by atoms with Crippen molar-refractivity contribution in [3.63, 3.8) is 0 Å². The zero-order valence-corrected chi connectivity index (χ0v) is 15.4. The summed E-state index contributed by atoms with van der Waals surface area (Å²) in [5.41, 5.74) is 3.21. The predicted molar refractivity (Wildman–Crippen MR) is 103 cm³/mol. The Balaban J connectivity index is 1.77. The fourth-order valence-corrected chi connectivity index (χ4v) is 4.35. The molecule has 0 bridgehead atoms. The molecule has 3 atom stereocenters. The molecule has 138 valence electrons. The fraction of sp³-hybridized carbons (Fsp3) is 0.238. The van der Waals surface area contributed by atoms with Gasteiger partial charge in [0.15, 0.2) is 0 Å². The van der Waals surface area contributed by atoms with Gasteiger partial charge in [-0.15, -0.1) is 0 Å². The maximum Gasteiger partial charge on any atom is 0.337 e. The average Bonchev–Trinajstić information content (AvgIpc) is 3.17. The van der Waals surface area contributed by atoms with Crippen LogP contribution in [-0.4, -0.2) is 24.2 Å².